The molecule has 9 heteroatoms. The predicted molar refractivity (Wildman–Crippen MR) is 131 cm³/mol. The molecule has 0 aromatic heterocycles. The fourth-order valence-corrected chi connectivity index (χ4v) is 5.86. The summed E-state index contributed by atoms with van der Waals surface area (Å²) >= 11 is 0. The lowest BCUT2D eigenvalue weighted by Gasteiger charge is -2.41. The molecular formula is C26H24N2O6S. The van der Waals surface area contributed by atoms with Crippen molar-refractivity contribution in [3.8, 4) is 0 Å². The van der Waals surface area contributed by atoms with Crippen LogP contribution in [-0.2, 0) is 20.4 Å². The summed E-state index contributed by atoms with van der Waals surface area (Å²) in [6.45, 7) is 1.77. The molecular weight excluding hydrogens is 468 g/mol. The highest BCUT2D eigenvalue weighted by Crippen LogP contribution is 2.41. The van der Waals surface area contributed by atoms with E-state index in [-0.39, 0.29) is 10.5 Å². The molecule has 1 aliphatic rings. The highest BCUT2D eigenvalue weighted by molar-refractivity contribution is 7.85. The predicted octanol–water partition coefficient (Wildman–Crippen LogP) is 2.28. The Balaban J connectivity index is 1.76. The Morgan fingerprint density at radius 1 is 0.857 bits per heavy atom. The Morgan fingerprint density at radius 2 is 1.34 bits per heavy atom. The van der Waals surface area contributed by atoms with Crippen LogP contribution < -0.4 is 10.6 Å². The fourth-order valence-electron chi connectivity index (χ4n) is 4.10. The summed E-state index contributed by atoms with van der Waals surface area (Å²) in [6, 6.07) is 21.1. The van der Waals surface area contributed by atoms with E-state index in [1.807, 2.05) is 0 Å². The number of Topliss-reactive ketones (excluding diaryl/α,β-unsaturated/α-hetero) is 1. The average Bonchev–Trinajstić information content (AvgIpc) is 2.86. The highest BCUT2D eigenvalue weighted by atomic mass is 32.2. The molecule has 3 atom stereocenters. The van der Waals surface area contributed by atoms with Crippen LogP contribution in [0.15, 0.2) is 83.8 Å². The highest BCUT2D eigenvalue weighted by Gasteiger charge is 2.60. The molecule has 35 heavy (non-hydrogen) atoms. The molecule has 0 fully saturated rings. The molecule has 8 nitrogen and oxygen atoms in total. The number of nitrogens with one attached hydrogen (secondary N) is 2. The minimum Gasteiger partial charge on any atom is -0.382 e. The number of anilines is 2. The zero-order chi connectivity index (χ0) is 25.2. The molecule has 3 unspecified atom stereocenters. The van der Waals surface area contributed by atoms with Crippen LogP contribution in [0.2, 0.25) is 0 Å². The second kappa shape index (κ2) is 9.91. The number of rotatable bonds is 6. The molecule has 4 N–H and O–H groups in total. The smallest absolute Gasteiger partial charge is 0.254 e. The summed E-state index contributed by atoms with van der Waals surface area (Å²) in [6.07, 6.45) is -4.35. The lowest BCUT2D eigenvalue weighted by atomic mass is 9.71. The first-order chi connectivity index (χ1) is 16.7. The van der Waals surface area contributed by atoms with Gasteiger partial charge in [-0.1, -0.05) is 42.5 Å². The summed E-state index contributed by atoms with van der Waals surface area (Å²) < 4.78 is 13.2. The molecule has 3 aromatic rings. The van der Waals surface area contributed by atoms with Gasteiger partial charge in [0.25, 0.3) is 11.8 Å². The molecule has 3 aromatic carbocycles. The van der Waals surface area contributed by atoms with Crippen LogP contribution in [0.25, 0.3) is 0 Å². The van der Waals surface area contributed by atoms with Gasteiger partial charge in [-0.05, 0) is 48.9 Å². The standard InChI is InChI=1S/C26H24N2O6S/c1-16-12-13-19-20(14-16)35(34)15-26(21(19)29,22(30)24(32)27-17-8-4-2-5-9-17)23(31)25(33)28-18-10-6-3-7-11-18/h2-14,22-23,30-31H,15H2,1H3,(H,27,32)(H,28,33). The van der Waals surface area contributed by atoms with Crippen LogP contribution in [0, 0.1) is 12.3 Å². The van der Waals surface area contributed by atoms with Crippen molar-refractivity contribution in [3.63, 3.8) is 0 Å². The molecule has 0 saturated heterocycles. The van der Waals surface area contributed by atoms with Gasteiger partial charge in [0.2, 0.25) is 0 Å². The average molecular weight is 493 g/mol. The van der Waals surface area contributed by atoms with Crippen LogP contribution in [0.4, 0.5) is 11.4 Å². The van der Waals surface area contributed by atoms with Crippen molar-refractivity contribution in [3.05, 3.63) is 90.0 Å². The molecule has 0 radical (unpaired) electrons. The van der Waals surface area contributed by atoms with E-state index in [2.05, 4.69) is 10.6 Å². The Morgan fingerprint density at radius 3 is 1.83 bits per heavy atom. The molecule has 4 rings (SSSR count). The third-order valence-corrected chi connectivity index (χ3v) is 7.54. The number of amides is 2. The normalized spacial score (nSPS) is 20.9. The van der Waals surface area contributed by atoms with Gasteiger partial charge in [0, 0.05) is 27.6 Å². The quantitative estimate of drug-likeness (QED) is 0.417. The zero-order valence-electron chi connectivity index (χ0n) is 18.8. The van der Waals surface area contributed by atoms with Crippen molar-refractivity contribution in [1.82, 2.24) is 0 Å². The summed E-state index contributed by atoms with van der Waals surface area (Å²) in [5.74, 6) is -3.47. The lowest BCUT2D eigenvalue weighted by molar-refractivity contribution is -0.141. The van der Waals surface area contributed by atoms with Crippen LogP contribution in [-0.4, -0.2) is 50.0 Å². The number of ketones is 1. The number of aryl methyl sites for hydroxylation is 1. The van der Waals surface area contributed by atoms with Crippen LogP contribution >= 0.6 is 0 Å². The Hall–Kier alpha value is -3.66. The molecule has 180 valence electrons. The van der Waals surface area contributed by atoms with E-state index in [4.69, 9.17) is 0 Å². The summed E-state index contributed by atoms with van der Waals surface area (Å²) in [5.41, 5.74) is -0.948. The fraction of sp³-hybridized carbons (Fsp3) is 0.192. The number of fused-ring (bicyclic) bond motifs is 1. The Bertz CT molecular complexity index is 1240. The number of para-hydroxylation sites is 2. The molecule has 0 aliphatic carbocycles. The number of aliphatic hydroxyl groups is 2. The van der Waals surface area contributed by atoms with E-state index in [0.29, 0.717) is 11.4 Å². The number of carbonyl (C=O) groups excluding carboxylic acids is 3. The van der Waals surface area contributed by atoms with Crippen molar-refractivity contribution in [2.45, 2.75) is 24.0 Å². The van der Waals surface area contributed by atoms with E-state index < -0.39 is 51.8 Å². The second-order valence-corrected chi connectivity index (χ2v) is 9.79. The monoisotopic (exact) mass is 492 g/mol. The molecule has 1 aliphatic heterocycles. The van der Waals surface area contributed by atoms with Gasteiger partial charge in [0.15, 0.2) is 5.78 Å². The van der Waals surface area contributed by atoms with Crippen LogP contribution in [0.1, 0.15) is 15.9 Å². The van der Waals surface area contributed by atoms with E-state index in [1.54, 1.807) is 79.7 Å². The SMILES string of the molecule is Cc1ccc2c(c1)S(=O)CC(C(O)C(=O)Nc1ccccc1)(C(O)C(=O)Nc1ccccc1)C2=O. The van der Waals surface area contributed by atoms with E-state index in [0.717, 1.165) is 5.56 Å². The van der Waals surface area contributed by atoms with Gasteiger partial charge >= 0.3 is 0 Å². The molecule has 2 amide bonds. The van der Waals surface area contributed by atoms with Crippen molar-refractivity contribution in [2.75, 3.05) is 16.4 Å². The van der Waals surface area contributed by atoms with Crippen LogP contribution in [0.3, 0.4) is 0 Å². The lowest BCUT2D eigenvalue weighted by Crippen LogP contribution is -2.63. The topological polar surface area (TPSA) is 133 Å². The maximum absolute atomic E-state index is 13.8. The van der Waals surface area contributed by atoms with E-state index in [9.17, 15) is 28.8 Å². The maximum Gasteiger partial charge on any atom is 0.254 e. The third-order valence-electron chi connectivity index (χ3n) is 5.97. The van der Waals surface area contributed by atoms with Crippen molar-refractivity contribution in [1.29, 1.82) is 0 Å². The van der Waals surface area contributed by atoms with Gasteiger partial charge in [-0.2, -0.15) is 0 Å². The van der Waals surface area contributed by atoms with E-state index in [1.165, 1.54) is 6.07 Å². The molecule has 0 bridgehead atoms. The zero-order valence-corrected chi connectivity index (χ0v) is 19.6. The van der Waals surface area contributed by atoms with Gasteiger partial charge in [-0.15, -0.1) is 0 Å². The summed E-state index contributed by atoms with van der Waals surface area (Å²) in [5, 5.41) is 27.4. The molecule has 0 spiro atoms. The minimum absolute atomic E-state index is 0.0155. The van der Waals surface area contributed by atoms with Crippen molar-refractivity contribution >= 4 is 39.8 Å². The first-order valence-corrected chi connectivity index (χ1v) is 12.2. The van der Waals surface area contributed by atoms with Crippen LogP contribution in [0.5, 0.6) is 0 Å². The van der Waals surface area contributed by atoms with Gasteiger partial charge < -0.3 is 20.8 Å². The number of carbonyl (C=O) groups is 3. The Labute approximate surface area is 204 Å². The Kier molecular flexibility index (Phi) is 6.93. The van der Waals surface area contributed by atoms with Crippen molar-refractivity contribution in [2.24, 2.45) is 5.41 Å². The first-order valence-electron chi connectivity index (χ1n) is 10.9. The second-order valence-electron chi connectivity index (χ2n) is 8.37. The van der Waals surface area contributed by atoms with Gasteiger partial charge in [-0.3, -0.25) is 18.6 Å². The number of aliphatic hydroxyl groups excluding tert-OH is 2. The third kappa shape index (κ3) is 4.66. The first kappa shape index (κ1) is 24.5. The number of benzene rings is 3. The molecule has 1 heterocycles. The largest absolute Gasteiger partial charge is 0.382 e. The summed E-state index contributed by atoms with van der Waals surface area (Å²) in [7, 11) is -1.88. The number of hydrogen-bond donors (Lipinski definition) is 4. The van der Waals surface area contributed by atoms with Gasteiger partial charge in [-0.25, -0.2) is 0 Å². The van der Waals surface area contributed by atoms with Gasteiger partial charge in [0.05, 0.1) is 10.8 Å². The van der Waals surface area contributed by atoms with E-state index >= 15 is 0 Å². The maximum atomic E-state index is 13.8. The van der Waals surface area contributed by atoms with Gasteiger partial charge in [0.1, 0.15) is 17.6 Å². The summed E-state index contributed by atoms with van der Waals surface area (Å²) in [4.78, 5) is 40.1. The van der Waals surface area contributed by atoms with Crippen molar-refractivity contribution < 1.29 is 28.8 Å². The molecule has 0 saturated carbocycles. The minimum atomic E-state index is -2.38. The number of hydrogen-bond acceptors (Lipinski definition) is 6.